The minimum atomic E-state index is -0.320. The van der Waals surface area contributed by atoms with E-state index in [1.165, 1.54) is 12.1 Å². The van der Waals surface area contributed by atoms with Crippen LogP contribution in [0.4, 0.5) is 17.1 Å². The summed E-state index contributed by atoms with van der Waals surface area (Å²) in [5.41, 5.74) is 14.1. The number of nitrogens with one attached hydrogen (secondary N) is 1. The molecule has 2 rings (SSSR count). The summed E-state index contributed by atoms with van der Waals surface area (Å²) in [4.78, 5) is 12.1. The molecule has 0 radical (unpaired) electrons. The van der Waals surface area contributed by atoms with E-state index in [1.54, 1.807) is 18.2 Å². The smallest absolute Gasteiger partial charge is 0.255 e. The van der Waals surface area contributed by atoms with Gasteiger partial charge in [0.1, 0.15) is 0 Å². The van der Waals surface area contributed by atoms with Crippen LogP contribution in [0.2, 0.25) is 10.0 Å². The van der Waals surface area contributed by atoms with Gasteiger partial charge in [-0.15, -0.1) is 0 Å². The third kappa shape index (κ3) is 2.98. The first kappa shape index (κ1) is 14.5. The van der Waals surface area contributed by atoms with E-state index in [9.17, 15) is 4.79 Å². The fraction of sp³-hybridized carbons (Fsp3) is 0.0714. The van der Waals surface area contributed by atoms with Crippen LogP contribution >= 0.6 is 23.2 Å². The number of carbonyl (C=O) groups excluding carboxylic acids is 1. The Hall–Kier alpha value is -1.91. The molecule has 104 valence electrons. The number of benzene rings is 2. The van der Waals surface area contributed by atoms with Gasteiger partial charge < -0.3 is 16.8 Å². The van der Waals surface area contributed by atoms with Crippen LogP contribution < -0.4 is 16.8 Å². The van der Waals surface area contributed by atoms with Crippen LogP contribution in [-0.2, 0) is 0 Å². The predicted octanol–water partition coefficient (Wildman–Crippen LogP) is 3.72. The van der Waals surface area contributed by atoms with Crippen LogP contribution in [0.15, 0.2) is 30.3 Å². The Kier molecular flexibility index (Phi) is 4.06. The number of nitrogen functional groups attached to an aromatic ring is 2. The van der Waals surface area contributed by atoms with E-state index >= 15 is 0 Å². The highest BCUT2D eigenvalue weighted by Crippen LogP contribution is 2.31. The van der Waals surface area contributed by atoms with Crippen LogP contribution in [-0.4, -0.2) is 5.91 Å². The van der Waals surface area contributed by atoms with E-state index < -0.39 is 0 Å². The minimum absolute atomic E-state index is 0.320. The zero-order valence-electron chi connectivity index (χ0n) is 10.7. The summed E-state index contributed by atoms with van der Waals surface area (Å²) in [5.74, 6) is -0.320. The highest BCUT2D eigenvalue weighted by atomic mass is 35.5. The zero-order chi connectivity index (χ0) is 14.9. The molecule has 20 heavy (non-hydrogen) atoms. The Morgan fingerprint density at radius 3 is 2.40 bits per heavy atom. The maximum absolute atomic E-state index is 12.1. The van der Waals surface area contributed by atoms with Crippen molar-refractivity contribution >= 4 is 46.2 Å². The summed E-state index contributed by atoms with van der Waals surface area (Å²) < 4.78 is 0. The van der Waals surface area contributed by atoms with Gasteiger partial charge >= 0.3 is 0 Å². The molecule has 0 spiro atoms. The summed E-state index contributed by atoms with van der Waals surface area (Å²) in [5, 5.41) is 3.32. The van der Waals surface area contributed by atoms with Crippen LogP contribution in [0.25, 0.3) is 0 Å². The van der Waals surface area contributed by atoms with Gasteiger partial charge in [-0.1, -0.05) is 29.3 Å². The standard InChI is InChI=1S/C14H13Cl2N3O/c1-7-2-3-8(4-11(7)17)14(20)19-13-6-9(15)12(18)5-10(13)16/h2-6H,17-18H2,1H3,(H,19,20). The second-order valence-electron chi connectivity index (χ2n) is 4.38. The van der Waals surface area contributed by atoms with Gasteiger partial charge in [0.2, 0.25) is 0 Å². The number of aryl methyl sites for hydroxylation is 1. The molecule has 1 amide bonds. The third-order valence-corrected chi connectivity index (χ3v) is 3.52. The minimum Gasteiger partial charge on any atom is -0.398 e. The molecule has 0 fully saturated rings. The van der Waals surface area contributed by atoms with Crippen LogP contribution in [0.5, 0.6) is 0 Å². The number of rotatable bonds is 2. The molecule has 0 heterocycles. The molecule has 2 aromatic carbocycles. The van der Waals surface area contributed by atoms with Crippen molar-refractivity contribution < 1.29 is 4.79 Å². The number of anilines is 3. The molecule has 0 aliphatic rings. The Morgan fingerprint density at radius 1 is 1.05 bits per heavy atom. The van der Waals surface area contributed by atoms with Gasteiger partial charge in [0, 0.05) is 11.3 Å². The molecule has 6 heteroatoms. The van der Waals surface area contributed by atoms with Gasteiger partial charge in [0.15, 0.2) is 0 Å². The summed E-state index contributed by atoms with van der Waals surface area (Å²) in [7, 11) is 0. The van der Waals surface area contributed by atoms with Gasteiger partial charge in [-0.05, 0) is 36.8 Å². The molecule has 0 atom stereocenters. The molecular formula is C14H13Cl2N3O. The van der Waals surface area contributed by atoms with Crippen molar-refractivity contribution in [2.75, 3.05) is 16.8 Å². The van der Waals surface area contributed by atoms with Gasteiger partial charge in [-0.3, -0.25) is 4.79 Å². The summed E-state index contributed by atoms with van der Waals surface area (Å²) in [6.45, 7) is 1.87. The SMILES string of the molecule is Cc1ccc(C(=O)Nc2cc(Cl)c(N)cc2Cl)cc1N. The molecule has 0 unspecified atom stereocenters. The molecular weight excluding hydrogens is 297 g/mol. The molecule has 2 aromatic rings. The third-order valence-electron chi connectivity index (χ3n) is 2.88. The maximum Gasteiger partial charge on any atom is 0.255 e. The number of nitrogens with two attached hydrogens (primary N) is 2. The number of hydrogen-bond acceptors (Lipinski definition) is 3. The second-order valence-corrected chi connectivity index (χ2v) is 5.19. The fourth-order valence-corrected chi connectivity index (χ4v) is 2.02. The van der Waals surface area contributed by atoms with Crippen molar-refractivity contribution in [3.8, 4) is 0 Å². The highest BCUT2D eigenvalue weighted by Gasteiger charge is 2.11. The number of carbonyl (C=O) groups is 1. The monoisotopic (exact) mass is 309 g/mol. The van der Waals surface area contributed by atoms with Gasteiger partial charge in [0.05, 0.1) is 21.4 Å². The van der Waals surface area contributed by atoms with Crippen molar-refractivity contribution in [1.82, 2.24) is 0 Å². The van der Waals surface area contributed by atoms with Gasteiger partial charge in [-0.2, -0.15) is 0 Å². The first-order valence-electron chi connectivity index (χ1n) is 5.80. The van der Waals surface area contributed by atoms with Crippen LogP contribution in [0, 0.1) is 6.92 Å². The van der Waals surface area contributed by atoms with Gasteiger partial charge in [-0.25, -0.2) is 0 Å². The second kappa shape index (κ2) is 5.61. The quantitative estimate of drug-likeness (QED) is 0.739. The van der Waals surface area contributed by atoms with Crippen molar-refractivity contribution in [2.45, 2.75) is 6.92 Å². The van der Waals surface area contributed by atoms with Crippen molar-refractivity contribution in [3.63, 3.8) is 0 Å². The average molecular weight is 310 g/mol. The van der Waals surface area contributed by atoms with Crippen molar-refractivity contribution in [2.24, 2.45) is 0 Å². The maximum atomic E-state index is 12.1. The van der Waals surface area contributed by atoms with E-state index in [-0.39, 0.29) is 5.91 Å². The van der Waals surface area contributed by atoms with E-state index in [1.807, 2.05) is 6.92 Å². The van der Waals surface area contributed by atoms with E-state index in [4.69, 9.17) is 34.7 Å². The highest BCUT2D eigenvalue weighted by molar-refractivity contribution is 6.37. The summed E-state index contributed by atoms with van der Waals surface area (Å²) in [6, 6.07) is 8.07. The molecule has 0 aliphatic carbocycles. The molecule has 0 aromatic heterocycles. The number of amides is 1. The number of halogens is 2. The lowest BCUT2D eigenvalue weighted by molar-refractivity contribution is 0.102. The first-order valence-corrected chi connectivity index (χ1v) is 6.56. The Bertz CT molecular complexity index is 686. The summed E-state index contributed by atoms with van der Waals surface area (Å²) in [6.07, 6.45) is 0. The number of hydrogen-bond donors (Lipinski definition) is 3. The van der Waals surface area contributed by atoms with Gasteiger partial charge in [0.25, 0.3) is 5.91 Å². The fourth-order valence-electron chi connectivity index (χ4n) is 1.63. The molecule has 0 aliphatic heterocycles. The Morgan fingerprint density at radius 2 is 1.75 bits per heavy atom. The average Bonchev–Trinajstić information content (AvgIpc) is 2.39. The van der Waals surface area contributed by atoms with Crippen molar-refractivity contribution in [1.29, 1.82) is 0 Å². The van der Waals surface area contributed by atoms with Crippen LogP contribution in [0.3, 0.4) is 0 Å². The molecule has 4 nitrogen and oxygen atoms in total. The molecule has 5 N–H and O–H groups in total. The normalized spacial score (nSPS) is 10.3. The lowest BCUT2D eigenvalue weighted by atomic mass is 10.1. The zero-order valence-corrected chi connectivity index (χ0v) is 12.2. The summed E-state index contributed by atoms with van der Waals surface area (Å²) >= 11 is 11.9. The molecule has 0 bridgehead atoms. The lowest BCUT2D eigenvalue weighted by Gasteiger charge is -2.10. The Labute approximate surface area is 126 Å². The topological polar surface area (TPSA) is 81.1 Å². The largest absolute Gasteiger partial charge is 0.398 e. The lowest BCUT2D eigenvalue weighted by Crippen LogP contribution is -2.13. The molecule has 0 saturated carbocycles. The van der Waals surface area contributed by atoms with Crippen molar-refractivity contribution in [3.05, 3.63) is 51.5 Å². The predicted molar refractivity (Wildman–Crippen MR) is 84.4 cm³/mol. The Balaban J connectivity index is 2.27. The van der Waals surface area contributed by atoms with Crippen LogP contribution in [0.1, 0.15) is 15.9 Å². The molecule has 0 saturated heterocycles. The van der Waals surface area contributed by atoms with E-state index in [0.29, 0.717) is 32.7 Å². The first-order chi connectivity index (χ1) is 9.38. The van der Waals surface area contributed by atoms with E-state index in [2.05, 4.69) is 5.32 Å². The van der Waals surface area contributed by atoms with E-state index in [0.717, 1.165) is 5.56 Å².